The van der Waals surface area contributed by atoms with Crippen LogP contribution in [0, 0.1) is 6.08 Å². The first-order valence-electron chi connectivity index (χ1n) is 8.14. The second-order valence-corrected chi connectivity index (χ2v) is 5.71. The fraction of sp³-hybridized carbons (Fsp3) is 0.227. The molecule has 0 aromatic heterocycles. The number of hydrogen-bond acceptors (Lipinski definition) is 0. The SMILES string of the molecule is CCC1=[C-]CC(CC)=C1.[Zr+2].c1ccc2c(c1)[cH-]c1ccccc12. The van der Waals surface area contributed by atoms with E-state index < -0.39 is 0 Å². The molecule has 4 rings (SSSR count). The molecule has 0 amide bonds. The molecule has 0 unspecified atom stereocenters. The van der Waals surface area contributed by atoms with Crippen molar-refractivity contribution in [3.05, 3.63) is 77.9 Å². The zero-order valence-electron chi connectivity index (χ0n) is 13.9. The first kappa shape index (κ1) is 18.0. The van der Waals surface area contributed by atoms with E-state index in [1.54, 1.807) is 0 Å². The second kappa shape index (κ2) is 8.50. The maximum atomic E-state index is 3.33. The van der Waals surface area contributed by atoms with Gasteiger partial charge in [-0.3, -0.25) is 6.08 Å². The minimum Gasteiger partial charge on any atom is -0.269 e. The Kier molecular flexibility index (Phi) is 6.66. The summed E-state index contributed by atoms with van der Waals surface area (Å²) in [7, 11) is 0. The van der Waals surface area contributed by atoms with Crippen LogP contribution in [0.4, 0.5) is 0 Å². The first-order chi connectivity index (χ1) is 10.8. The Morgan fingerprint density at radius 2 is 1.43 bits per heavy atom. The topological polar surface area (TPSA) is 0 Å². The molecule has 0 heterocycles. The summed E-state index contributed by atoms with van der Waals surface area (Å²) in [5.41, 5.74) is 2.93. The van der Waals surface area contributed by atoms with Gasteiger partial charge in [-0.2, -0.15) is 5.57 Å². The summed E-state index contributed by atoms with van der Waals surface area (Å²) in [4.78, 5) is 0. The number of allylic oxidation sites excluding steroid dienone is 4. The van der Waals surface area contributed by atoms with Gasteiger partial charge in [0.2, 0.25) is 0 Å². The van der Waals surface area contributed by atoms with E-state index in [0.717, 1.165) is 12.8 Å². The molecule has 23 heavy (non-hydrogen) atoms. The molecule has 3 aromatic carbocycles. The Bertz CT molecular complexity index is 783. The third-order valence-corrected chi connectivity index (χ3v) is 4.28. The predicted octanol–water partition coefficient (Wildman–Crippen LogP) is 6.58. The molecule has 0 aliphatic heterocycles. The van der Waals surface area contributed by atoms with Gasteiger partial charge in [0.25, 0.3) is 0 Å². The van der Waals surface area contributed by atoms with Crippen molar-refractivity contribution in [1.82, 2.24) is 0 Å². The number of hydrogen-bond donors (Lipinski definition) is 0. The molecule has 0 saturated heterocycles. The molecule has 1 aliphatic carbocycles. The minimum absolute atomic E-state index is 0. The molecular weight excluding hydrogens is 355 g/mol. The molecule has 0 nitrogen and oxygen atoms in total. The van der Waals surface area contributed by atoms with Gasteiger partial charge in [-0.05, 0) is 0 Å². The van der Waals surface area contributed by atoms with Crippen LogP contribution in [-0.2, 0) is 26.2 Å². The summed E-state index contributed by atoms with van der Waals surface area (Å²) in [6.07, 6.45) is 9.03. The van der Waals surface area contributed by atoms with Crippen LogP contribution >= 0.6 is 0 Å². The van der Waals surface area contributed by atoms with Crippen LogP contribution in [0.3, 0.4) is 0 Å². The van der Waals surface area contributed by atoms with Crippen molar-refractivity contribution in [1.29, 1.82) is 0 Å². The van der Waals surface area contributed by atoms with Gasteiger partial charge in [0.15, 0.2) is 0 Å². The van der Waals surface area contributed by atoms with Crippen LogP contribution < -0.4 is 0 Å². The van der Waals surface area contributed by atoms with Gasteiger partial charge in [0.1, 0.15) is 0 Å². The van der Waals surface area contributed by atoms with Gasteiger partial charge in [-0.1, -0.05) is 63.1 Å². The second-order valence-electron chi connectivity index (χ2n) is 5.71. The van der Waals surface area contributed by atoms with Gasteiger partial charge in [-0.15, -0.1) is 46.2 Å². The van der Waals surface area contributed by atoms with Crippen LogP contribution in [0.5, 0.6) is 0 Å². The summed E-state index contributed by atoms with van der Waals surface area (Å²) in [5.74, 6) is 0. The number of benzene rings is 2. The summed E-state index contributed by atoms with van der Waals surface area (Å²) >= 11 is 0. The number of fused-ring (bicyclic) bond motifs is 3. The molecule has 0 N–H and O–H groups in total. The van der Waals surface area contributed by atoms with Gasteiger partial charge in [0, 0.05) is 0 Å². The minimum atomic E-state index is 0. The molecule has 0 fully saturated rings. The van der Waals surface area contributed by atoms with Crippen molar-refractivity contribution in [3.63, 3.8) is 0 Å². The summed E-state index contributed by atoms with van der Waals surface area (Å²) < 4.78 is 0. The summed E-state index contributed by atoms with van der Waals surface area (Å²) in [6, 6.07) is 19.3. The maximum Gasteiger partial charge on any atom is 2.00 e. The third kappa shape index (κ3) is 4.15. The van der Waals surface area contributed by atoms with Crippen LogP contribution in [0.2, 0.25) is 0 Å². The average Bonchev–Trinajstić information content (AvgIpc) is 3.19. The molecule has 0 atom stereocenters. The van der Waals surface area contributed by atoms with Gasteiger partial charge in [0.05, 0.1) is 0 Å². The first-order valence-corrected chi connectivity index (χ1v) is 8.14. The Labute approximate surface area is 158 Å². The normalized spacial score (nSPS) is 13.1. The fourth-order valence-electron chi connectivity index (χ4n) is 2.93. The van der Waals surface area contributed by atoms with Crippen molar-refractivity contribution in [3.8, 4) is 0 Å². The molecule has 114 valence electrons. The van der Waals surface area contributed by atoms with Crippen molar-refractivity contribution < 1.29 is 26.2 Å². The van der Waals surface area contributed by atoms with E-state index in [1.165, 1.54) is 39.1 Å². The Balaban J connectivity index is 0.000000171. The van der Waals surface area contributed by atoms with Crippen LogP contribution in [0.25, 0.3) is 21.5 Å². The smallest absolute Gasteiger partial charge is 0.269 e. The average molecular weight is 378 g/mol. The van der Waals surface area contributed by atoms with Gasteiger partial charge < -0.3 is 0 Å². The molecule has 0 radical (unpaired) electrons. The van der Waals surface area contributed by atoms with Crippen LogP contribution in [0.1, 0.15) is 33.1 Å². The molecule has 1 heteroatoms. The van der Waals surface area contributed by atoms with E-state index in [0.29, 0.717) is 0 Å². The maximum absolute atomic E-state index is 3.33. The Morgan fingerprint density at radius 3 is 1.87 bits per heavy atom. The molecule has 0 bridgehead atoms. The molecular formula is C22H22Zr. The van der Waals surface area contributed by atoms with Crippen molar-refractivity contribution in [2.45, 2.75) is 33.1 Å². The summed E-state index contributed by atoms with van der Waals surface area (Å²) in [6.45, 7) is 4.38. The quantitative estimate of drug-likeness (QED) is 0.443. The van der Waals surface area contributed by atoms with Crippen LogP contribution in [-0.4, -0.2) is 0 Å². The van der Waals surface area contributed by atoms with Crippen molar-refractivity contribution in [2.24, 2.45) is 0 Å². The molecule has 1 aliphatic rings. The Morgan fingerprint density at radius 1 is 0.870 bits per heavy atom. The van der Waals surface area contributed by atoms with E-state index in [1.807, 2.05) is 0 Å². The number of rotatable bonds is 2. The standard InChI is InChI=1S/C13H9.C9H13.Zr/c1-3-7-12-10(5-1)9-11-6-2-4-8-13(11)12;1-3-8-5-6-9(4-2)7-8;/h1-9H;7H,3-5H2,1-2H3;/q2*-1;+2. The molecule has 0 saturated carbocycles. The molecule has 3 aromatic rings. The van der Waals surface area contributed by atoms with E-state index in [4.69, 9.17) is 0 Å². The van der Waals surface area contributed by atoms with Crippen LogP contribution in [0.15, 0.2) is 71.8 Å². The Hall–Kier alpha value is -1.33. The largest absolute Gasteiger partial charge is 2.00 e. The monoisotopic (exact) mass is 376 g/mol. The van der Waals surface area contributed by atoms with Gasteiger partial charge in [-0.25, -0.2) is 11.6 Å². The molecule has 0 spiro atoms. The zero-order chi connectivity index (χ0) is 15.4. The van der Waals surface area contributed by atoms with Crippen molar-refractivity contribution >= 4 is 21.5 Å². The zero-order valence-corrected chi connectivity index (χ0v) is 16.4. The van der Waals surface area contributed by atoms with Crippen molar-refractivity contribution in [2.75, 3.05) is 0 Å². The van der Waals surface area contributed by atoms with E-state index in [2.05, 4.69) is 80.6 Å². The fourth-order valence-corrected chi connectivity index (χ4v) is 2.93. The van der Waals surface area contributed by atoms with E-state index in [-0.39, 0.29) is 26.2 Å². The van der Waals surface area contributed by atoms with Gasteiger partial charge >= 0.3 is 26.2 Å². The summed E-state index contributed by atoms with van der Waals surface area (Å²) in [5, 5.41) is 5.39. The van der Waals surface area contributed by atoms with E-state index in [9.17, 15) is 0 Å². The third-order valence-electron chi connectivity index (χ3n) is 4.28. The predicted molar refractivity (Wildman–Crippen MR) is 97.1 cm³/mol. The van der Waals surface area contributed by atoms with E-state index >= 15 is 0 Å².